The Bertz CT molecular complexity index is 1020. The van der Waals surface area contributed by atoms with Gasteiger partial charge in [-0.3, -0.25) is 4.79 Å². The van der Waals surface area contributed by atoms with Gasteiger partial charge in [0.15, 0.2) is 4.34 Å². The highest BCUT2D eigenvalue weighted by Gasteiger charge is 2.18. The Kier molecular flexibility index (Phi) is 7.62. The number of aryl methyl sites for hydroxylation is 1. The van der Waals surface area contributed by atoms with Crippen LogP contribution in [0.1, 0.15) is 19.4 Å². The summed E-state index contributed by atoms with van der Waals surface area (Å²) in [5.41, 5.74) is 4.20. The Hall–Kier alpha value is -2.62. The fourth-order valence-corrected chi connectivity index (χ4v) is 5.20. The maximum atomic E-state index is 12.6. The van der Waals surface area contributed by atoms with E-state index in [2.05, 4.69) is 44.8 Å². The standard InChI is InChI=1S/C23H27N5O2S2/c1-3-17-4-6-19(7-5-17)25-22-26-27-23(32-22)31-16(2)21(29)24-18-8-10-20(11-9-18)28-12-14-30-15-13-28/h4-11,16H,3,12-15H2,1-2H3,(H,24,29)(H,25,26)/t16-/m1/s1. The number of ether oxygens (including phenoxy) is 1. The summed E-state index contributed by atoms with van der Waals surface area (Å²) in [5.74, 6) is -0.0611. The van der Waals surface area contributed by atoms with Gasteiger partial charge in [0.05, 0.1) is 18.5 Å². The van der Waals surface area contributed by atoms with E-state index in [-0.39, 0.29) is 11.2 Å². The molecule has 1 amide bonds. The molecule has 0 radical (unpaired) electrons. The van der Waals surface area contributed by atoms with Crippen LogP contribution in [0.5, 0.6) is 0 Å². The first-order valence-corrected chi connectivity index (χ1v) is 12.4. The number of rotatable bonds is 8. The van der Waals surface area contributed by atoms with Gasteiger partial charge in [0.25, 0.3) is 0 Å². The molecule has 1 saturated heterocycles. The van der Waals surface area contributed by atoms with Crippen molar-refractivity contribution >= 4 is 51.2 Å². The second kappa shape index (κ2) is 10.8. The molecule has 4 rings (SSSR count). The molecule has 1 aromatic heterocycles. The third kappa shape index (κ3) is 5.99. The molecule has 0 aliphatic carbocycles. The van der Waals surface area contributed by atoms with Gasteiger partial charge in [-0.05, 0) is 55.3 Å². The fourth-order valence-electron chi connectivity index (χ4n) is 3.28. The molecule has 2 N–H and O–H groups in total. The van der Waals surface area contributed by atoms with Crippen molar-refractivity contribution in [3.63, 3.8) is 0 Å². The highest BCUT2D eigenvalue weighted by molar-refractivity contribution is 8.02. The zero-order valence-electron chi connectivity index (χ0n) is 18.2. The zero-order chi connectivity index (χ0) is 22.3. The normalized spacial score (nSPS) is 14.8. The summed E-state index contributed by atoms with van der Waals surface area (Å²) in [4.78, 5) is 14.9. The molecule has 1 atom stereocenters. The first kappa shape index (κ1) is 22.6. The van der Waals surface area contributed by atoms with Crippen LogP contribution in [-0.4, -0.2) is 47.7 Å². The average molecular weight is 470 g/mol. The first-order valence-electron chi connectivity index (χ1n) is 10.7. The van der Waals surface area contributed by atoms with E-state index in [0.29, 0.717) is 5.13 Å². The van der Waals surface area contributed by atoms with Gasteiger partial charge >= 0.3 is 0 Å². The van der Waals surface area contributed by atoms with E-state index in [0.717, 1.165) is 54.1 Å². The van der Waals surface area contributed by atoms with Gasteiger partial charge < -0.3 is 20.3 Å². The first-order chi connectivity index (χ1) is 15.6. The lowest BCUT2D eigenvalue weighted by Crippen LogP contribution is -2.36. The molecule has 3 aromatic rings. The summed E-state index contributed by atoms with van der Waals surface area (Å²) in [6.07, 6.45) is 1.01. The van der Waals surface area contributed by atoms with E-state index in [1.54, 1.807) is 0 Å². The van der Waals surface area contributed by atoms with Crippen LogP contribution in [0, 0.1) is 0 Å². The van der Waals surface area contributed by atoms with Crippen molar-refractivity contribution in [1.29, 1.82) is 0 Å². The molecule has 0 saturated carbocycles. The van der Waals surface area contributed by atoms with Crippen molar-refractivity contribution in [2.24, 2.45) is 0 Å². The molecule has 2 heterocycles. The molecule has 1 fully saturated rings. The number of benzene rings is 2. The number of thioether (sulfide) groups is 1. The number of aromatic nitrogens is 2. The number of morpholine rings is 1. The highest BCUT2D eigenvalue weighted by atomic mass is 32.2. The molecule has 0 unspecified atom stereocenters. The van der Waals surface area contributed by atoms with Crippen LogP contribution in [0.3, 0.4) is 0 Å². The lowest BCUT2D eigenvalue weighted by Gasteiger charge is -2.28. The number of carbonyl (C=O) groups excluding carboxylic acids is 1. The monoisotopic (exact) mass is 469 g/mol. The van der Waals surface area contributed by atoms with E-state index in [9.17, 15) is 4.79 Å². The molecule has 2 aromatic carbocycles. The predicted molar refractivity (Wildman–Crippen MR) is 132 cm³/mol. The van der Waals surface area contributed by atoms with Crippen molar-refractivity contribution in [1.82, 2.24) is 10.2 Å². The number of amides is 1. The van der Waals surface area contributed by atoms with Gasteiger partial charge in [-0.15, -0.1) is 10.2 Å². The number of carbonyl (C=O) groups is 1. The summed E-state index contributed by atoms with van der Waals surface area (Å²) in [5, 5.41) is 15.1. The van der Waals surface area contributed by atoms with E-state index >= 15 is 0 Å². The van der Waals surface area contributed by atoms with Crippen LogP contribution in [0.4, 0.5) is 22.2 Å². The Morgan fingerprint density at radius 3 is 2.47 bits per heavy atom. The van der Waals surface area contributed by atoms with Gasteiger partial charge in [0, 0.05) is 30.2 Å². The summed E-state index contributed by atoms with van der Waals surface area (Å²) < 4.78 is 6.15. The SMILES string of the molecule is CCc1ccc(Nc2nnc(S[C@H](C)C(=O)Nc3ccc(N4CCOCC4)cc3)s2)cc1. The van der Waals surface area contributed by atoms with Crippen molar-refractivity contribution in [2.75, 3.05) is 41.8 Å². The molecule has 9 heteroatoms. The fraction of sp³-hybridized carbons (Fsp3) is 0.348. The Labute approximate surface area is 196 Å². The summed E-state index contributed by atoms with van der Waals surface area (Å²) in [7, 11) is 0. The second-order valence-corrected chi connectivity index (χ2v) is 10.0. The van der Waals surface area contributed by atoms with Crippen molar-refractivity contribution in [2.45, 2.75) is 29.9 Å². The summed E-state index contributed by atoms with van der Waals surface area (Å²) in [6.45, 7) is 7.29. The molecule has 0 bridgehead atoms. The number of hydrogen-bond donors (Lipinski definition) is 2. The van der Waals surface area contributed by atoms with Crippen LogP contribution < -0.4 is 15.5 Å². The van der Waals surface area contributed by atoms with Crippen LogP contribution in [0.15, 0.2) is 52.9 Å². The third-order valence-corrected chi connectivity index (χ3v) is 7.20. The minimum absolute atomic E-state index is 0.0611. The van der Waals surface area contributed by atoms with Gasteiger partial charge in [-0.2, -0.15) is 0 Å². The number of nitrogens with zero attached hydrogens (tertiary/aromatic N) is 3. The number of hydrogen-bond acceptors (Lipinski definition) is 8. The van der Waals surface area contributed by atoms with Crippen molar-refractivity contribution < 1.29 is 9.53 Å². The minimum Gasteiger partial charge on any atom is -0.378 e. The van der Waals surface area contributed by atoms with Crippen LogP contribution in [0.2, 0.25) is 0 Å². The topological polar surface area (TPSA) is 79.4 Å². The molecule has 168 valence electrons. The Morgan fingerprint density at radius 1 is 1.09 bits per heavy atom. The van der Waals surface area contributed by atoms with E-state index in [4.69, 9.17) is 4.74 Å². The van der Waals surface area contributed by atoms with Gasteiger partial charge in [0.1, 0.15) is 0 Å². The van der Waals surface area contributed by atoms with Crippen LogP contribution in [-0.2, 0) is 16.0 Å². The largest absolute Gasteiger partial charge is 0.378 e. The average Bonchev–Trinajstić information content (AvgIpc) is 3.27. The molecule has 7 nitrogen and oxygen atoms in total. The van der Waals surface area contributed by atoms with E-state index < -0.39 is 0 Å². The summed E-state index contributed by atoms with van der Waals surface area (Å²) in [6, 6.07) is 16.2. The van der Waals surface area contributed by atoms with Gasteiger partial charge in [-0.25, -0.2) is 0 Å². The second-order valence-electron chi connectivity index (χ2n) is 7.44. The molecule has 1 aliphatic rings. The van der Waals surface area contributed by atoms with E-state index in [1.807, 2.05) is 43.3 Å². The molecule has 0 spiro atoms. The van der Waals surface area contributed by atoms with Crippen molar-refractivity contribution in [3.05, 3.63) is 54.1 Å². The molecular formula is C23H27N5O2S2. The van der Waals surface area contributed by atoms with Gasteiger partial charge in [0.2, 0.25) is 11.0 Å². The van der Waals surface area contributed by atoms with Crippen LogP contribution in [0.25, 0.3) is 0 Å². The smallest absolute Gasteiger partial charge is 0.237 e. The van der Waals surface area contributed by atoms with Crippen LogP contribution >= 0.6 is 23.1 Å². The highest BCUT2D eigenvalue weighted by Crippen LogP contribution is 2.31. The maximum absolute atomic E-state index is 12.6. The summed E-state index contributed by atoms with van der Waals surface area (Å²) >= 11 is 2.85. The number of anilines is 4. The third-order valence-electron chi connectivity index (χ3n) is 5.18. The molecule has 32 heavy (non-hydrogen) atoms. The molecule has 1 aliphatic heterocycles. The maximum Gasteiger partial charge on any atom is 0.237 e. The Morgan fingerprint density at radius 2 is 1.78 bits per heavy atom. The minimum atomic E-state index is -0.293. The van der Waals surface area contributed by atoms with Gasteiger partial charge in [-0.1, -0.05) is 42.2 Å². The van der Waals surface area contributed by atoms with E-state index in [1.165, 1.54) is 28.7 Å². The van der Waals surface area contributed by atoms with Crippen molar-refractivity contribution in [3.8, 4) is 0 Å². The predicted octanol–water partition coefficient (Wildman–Crippen LogP) is 4.80. The quantitative estimate of drug-likeness (QED) is 0.459. The zero-order valence-corrected chi connectivity index (χ0v) is 19.8. The number of nitrogens with one attached hydrogen (secondary N) is 2. The lowest BCUT2D eigenvalue weighted by molar-refractivity contribution is -0.115. The lowest BCUT2D eigenvalue weighted by atomic mass is 10.1. The molecular weight excluding hydrogens is 442 g/mol. The Balaban J connectivity index is 1.28.